The second-order valence-corrected chi connectivity index (χ2v) is 9.13. The maximum Gasteiger partial charge on any atom is 0.248 e. The van der Waals surface area contributed by atoms with E-state index in [4.69, 9.17) is 0 Å². The number of pyridine rings is 1. The van der Waals surface area contributed by atoms with Crippen LogP contribution >= 0.6 is 0 Å². The molecular formula is C22H26N6O3S. The van der Waals surface area contributed by atoms with Gasteiger partial charge in [0, 0.05) is 61.6 Å². The molecule has 3 aromatic rings. The SMILES string of the molecule is CNS(=O)(=O)CCNCc1ccc(NC(=O)/C=C/c2cnccc2-c2cnn(C)c2)cc1. The third kappa shape index (κ3) is 6.84. The third-order valence-corrected chi connectivity index (χ3v) is 6.05. The zero-order valence-electron chi connectivity index (χ0n) is 17.9. The van der Waals surface area contributed by atoms with Crippen molar-refractivity contribution in [3.05, 3.63) is 72.3 Å². The summed E-state index contributed by atoms with van der Waals surface area (Å²) in [6.45, 7) is 0.882. The molecular weight excluding hydrogens is 428 g/mol. The Bertz CT molecular complexity index is 1190. The fourth-order valence-electron chi connectivity index (χ4n) is 2.96. The van der Waals surface area contributed by atoms with Crippen LogP contribution in [0.2, 0.25) is 0 Å². The quantitative estimate of drug-likeness (QED) is 0.317. The molecule has 0 unspecified atom stereocenters. The molecule has 1 amide bonds. The summed E-state index contributed by atoms with van der Waals surface area (Å²) < 4.78 is 26.8. The van der Waals surface area contributed by atoms with Crippen molar-refractivity contribution in [2.24, 2.45) is 7.05 Å². The number of hydrogen-bond donors (Lipinski definition) is 3. The van der Waals surface area contributed by atoms with E-state index in [2.05, 4.69) is 25.4 Å². The first kappa shape index (κ1) is 23.3. The number of benzene rings is 1. The zero-order chi connectivity index (χ0) is 23.0. The van der Waals surface area contributed by atoms with E-state index >= 15 is 0 Å². The Labute approximate surface area is 187 Å². The zero-order valence-corrected chi connectivity index (χ0v) is 18.8. The average Bonchev–Trinajstić information content (AvgIpc) is 3.23. The summed E-state index contributed by atoms with van der Waals surface area (Å²) in [6.07, 6.45) is 10.3. The Kier molecular flexibility index (Phi) is 7.87. The van der Waals surface area contributed by atoms with Crippen molar-refractivity contribution in [1.82, 2.24) is 24.8 Å². The minimum Gasteiger partial charge on any atom is -0.323 e. The van der Waals surface area contributed by atoms with Crippen molar-refractivity contribution in [2.75, 3.05) is 24.7 Å². The molecule has 2 heterocycles. The summed E-state index contributed by atoms with van der Waals surface area (Å²) in [5, 5.41) is 10.1. The summed E-state index contributed by atoms with van der Waals surface area (Å²) in [5.41, 5.74) is 4.35. The fraction of sp³-hybridized carbons (Fsp3) is 0.227. The summed E-state index contributed by atoms with van der Waals surface area (Å²) in [5.74, 6) is -0.238. The van der Waals surface area contributed by atoms with E-state index in [1.165, 1.54) is 13.1 Å². The van der Waals surface area contributed by atoms with E-state index in [1.54, 1.807) is 41.5 Å². The lowest BCUT2D eigenvalue weighted by atomic mass is 10.0. The molecule has 9 nitrogen and oxygen atoms in total. The molecule has 0 fully saturated rings. The Balaban J connectivity index is 1.54. The van der Waals surface area contributed by atoms with Gasteiger partial charge in [-0.05, 0) is 42.4 Å². The highest BCUT2D eigenvalue weighted by Gasteiger charge is 2.07. The van der Waals surface area contributed by atoms with Crippen LogP contribution in [-0.2, 0) is 28.4 Å². The summed E-state index contributed by atoms with van der Waals surface area (Å²) in [7, 11) is 0.0355. The van der Waals surface area contributed by atoms with Gasteiger partial charge < -0.3 is 10.6 Å². The molecule has 2 aromatic heterocycles. The lowest BCUT2D eigenvalue weighted by molar-refractivity contribution is -0.111. The van der Waals surface area contributed by atoms with Crippen LogP contribution in [0.15, 0.2) is 61.2 Å². The van der Waals surface area contributed by atoms with Crippen molar-refractivity contribution in [3.8, 4) is 11.1 Å². The molecule has 0 bridgehead atoms. The number of aryl methyl sites for hydroxylation is 1. The lowest BCUT2D eigenvalue weighted by Crippen LogP contribution is -2.29. The molecule has 168 valence electrons. The molecule has 0 saturated heterocycles. The molecule has 3 N–H and O–H groups in total. The second-order valence-electron chi connectivity index (χ2n) is 7.08. The van der Waals surface area contributed by atoms with Crippen LogP contribution in [0.4, 0.5) is 5.69 Å². The van der Waals surface area contributed by atoms with Crippen molar-refractivity contribution in [3.63, 3.8) is 0 Å². The second kappa shape index (κ2) is 10.8. The minimum absolute atomic E-state index is 0.0173. The van der Waals surface area contributed by atoms with E-state index < -0.39 is 10.0 Å². The number of carbonyl (C=O) groups excluding carboxylic acids is 1. The largest absolute Gasteiger partial charge is 0.323 e. The third-order valence-electron chi connectivity index (χ3n) is 4.69. The fourth-order valence-corrected chi connectivity index (χ4v) is 3.58. The number of nitrogens with zero attached hydrogens (tertiary/aromatic N) is 3. The van der Waals surface area contributed by atoms with Crippen LogP contribution in [0.1, 0.15) is 11.1 Å². The number of anilines is 1. The standard InChI is InChI=1S/C22H26N6O3S/c1-23-32(30,31)12-11-25-13-17-3-6-20(7-4-17)27-22(29)8-5-18-14-24-10-9-21(18)19-15-26-28(2)16-19/h3-10,14-16,23,25H,11-13H2,1-2H3,(H,27,29)/b8-5+. The molecule has 32 heavy (non-hydrogen) atoms. The molecule has 0 saturated carbocycles. The Hall–Kier alpha value is -3.34. The van der Waals surface area contributed by atoms with Gasteiger partial charge >= 0.3 is 0 Å². The van der Waals surface area contributed by atoms with Crippen LogP contribution < -0.4 is 15.4 Å². The molecule has 0 spiro atoms. The Morgan fingerprint density at radius 3 is 2.62 bits per heavy atom. The van der Waals surface area contributed by atoms with Crippen molar-refractivity contribution in [2.45, 2.75) is 6.54 Å². The number of sulfonamides is 1. The van der Waals surface area contributed by atoms with E-state index in [-0.39, 0.29) is 11.7 Å². The molecule has 0 atom stereocenters. The van der Waals surface area contributed by atoms with Crippen LogP contribution in [-0.4, -0.2) is 48.4 Å². The average molecular weight is 455 g/mol. The Morgan fingerprint density at radius 1 is 1.16 bits per heavy atom. The van der Waals surface area contributed by atoms with Gasteiger partial charge in [-0.25, -0.2) is 13.1 Å². The summed E-state index contributed by atoms with van der Waals surface area (Å²) in [4.78, 5) is 16.5. The van der Waals surface area contributed by atoms with E-state index in [0.29, 0.717) is 18.8 Å². The van der Waals surface area contributed by atoms with Gasteiger partial charge in [0.25, 0.3) is 0 Å². The van der Waals surface area contributed by atoms with Gasteiger partial charge in [-0.3, -0.25) is 14.5 Å². The van der Waals surface area contributed by atoms with Crippen LogP contribution in [0, 0.1) is 0 Å². The highest BCUT2D eigenvalue weighted by molar-refractivity contribution is 7.89. The predicted molar refractivity (Wildman–Crippen MR) is 125 cm³/mol. The predicted octanol–water partition coefficient (Wildman–Crippen LogP) is 1.77. The lowest BCUT2D eigenvalue weighted by Gasteiger charge is -2.07. The number of carbonyl (C=O) groups is 1. The minimum atomic E-state index is -3.21. The first-order chi connectivity index (χ1) is 15.4. The summed E-state index contributed by atoms with van der Waals surface area (Å²) in [6, 6.07) is 9.24. The number of rotatable bonds is 10. The van der Waals surface area contributed by atoms with Crippen molar-refractivity contribution < 1.29 is 13.2 Å². The molecule has 0 radical (unpaired) electrons. The highest BCUT2D eigenvalue weighted by atomic mass is 32.2. The van der Waals surface area contributed by atoms with E-state index in [1.807, 2.05) is 31.4 Å². The first-order valence-corrected chi connectivity index (χ1v) is 11.6. The molecule has 3 rings (SSSR count). The van der Waals surface area contributed by atoms with Crippen LogP contribution in [0.5, 0.6) is 0 Å². The highest BCUT2D eigenvalue weighted by Crippen LogP contribution is 2.23. The monoisotopic (exact) mass is 454 g/mol. The van der Waals surface area contributed by atoms with Crippen LogP contribution in [0.3, 0.4) is 0 Å². The van der Waals surface area contributed by atoms with Gasteiger partial charge in [0.15, 0.2) is 0 Å². The number of hydrogen-bond acceptors (Lipinski definition) is 6. The van der Waals surface area contributed by atoms with Gasteiger partial charge in [0.2, 0.25) is 15.9 Å². The van der Waals surface area contributed by atoms with Gasteiger partial charge in [0.1, 0.15) is 0 Å². The normalized spacial score (nSPS) is 11.7. The van der Waals surface area contributed by atoms with Gasteiger partial charge in [0.05, 0.1) is 11.9 Å². The molecule has 1 aromatic carbocycles. The summed E-state index contributed by atoms with van der Waals surface area (Å²) >= 11 is 0. The number of nitrogens with one attached hydrogen (secondary N) is 3. The Morgan fingerprint density at radius 2 is 1.94 bits per heavy atom. The first-order valence-electron chi connectivity index (χ1n) is 9.99. The maximum atomic E-state index is 12.3. The molecule has 0 aliphatic heterocycles. The maximum absolute atomic E-state index is 12.3. The topological polar surface area (TPSA) is 118 Å². The smallest absolute Gasteiger partial charge is 0.248 e. The molecule has 0 aliphatic carbocycles. The number of amides is 1. The van der Waals surface area contributed by atoms with Crippen LogP contribution in [0.25, 0.3) is 17.2 Å². The van der Waals surface area contributed by atoms with Crippen molar-refractivity contribution in [1.29, 1.82) is 0 Å². The van der Waals surface area contributed by atoms with E-state index in [9.17, 15) is 13.2 Å². The van der Waals surface area contributed by atoms with Crippen molar-refractivity contribution >= 4 is 27.7 Å². The number of aromatic nitrogens is 3. The molecule has 0 aliphatic rings. The van der Waals surface area contributed by atoms with E-state index in [0.717, 1.165) is 22.3 Å². The van der Waals surface area contributed by atoms with Gasteiger partial charge in [-0.2, -0.15) is 5.10 Å². The molecule has 10 heteroatoms. The van der Waals surface area contributed by atoms with Gasteiger partial charge in [-0.15, -0.1) is 0 Å². The van der Waals surface area contributed by atoms with Gasteiger partial charge in [-0.1, -0.05) is 12.1 Å².